The van der Waals surface area contributed by atoms with Gasteiger partial charge >= 0.3 is 0 Å². The van der Waals surface area contributed by atoms with Crippen LogP contribution in [0.15, 0.2) is 46.5 Å². The topological polar surface area (TPSA) is 29.1 Å². The highest BCUT2D eigenvalue weighted by molar-refractivity contribution is 8.03. The van der Waals surface area contributed by atoms with Gasteiger partial charge in [0.25, 0.3) is 0 Å². The summed E-state index contributed by atoms with van der Waals surface area (Å²) in [6, 6.07) is 8.89. The molecule has 1 heterocycles. The minimum atomic E-state index is -0.0265. The first-order valence-corrected chi connectivity index (χ1v) is 12.7. The number of fused-ring (bicyclic) bond motifs is 6. The fourth-order valence-electron chi connectivity index (χ4n) is 7.68. The summed E-state index contributed by atoms with van der Waals surface area (Å²) in [4.78, 5) is 15.6. The summed E-state index contributed by atoms with van der Waals surface area (Å²) in [6.45, 7) is 7.02. The summed E-state index contributed by atoms with van der Waals surface area (Å²) in [5.41, 5.74) is 6.01. The summed E-state index contributed by atoms with van der Waals surface area (Å²) < 4.78 is 0. The Kier molecular flexibility index (Phi) is 4.11. The molecule has 0 aromatic heterocycles. The van der Waals surface area contributed by atoms with Crippen molar-refractivity contribution < 1.29 is 4.79 Å². The van der Waals surface area contributed by atoms with Gasteiger partial charge in [-0.15, -0.1) is 11.4 Å². The van der Waals surface area contributed by atoms with E-state index in [1.807, 2.05) is 0 Å². The number of thiol groups is 1. The maximum absolute atomic E-state index is 12.7. The minimum absolute atomic E-state index is 0.0265. The molecule has 5 aliphatic rings. The Morgan fingerprint density at radius 2 is 1.90 bits per heavy atom. The maximum Gasteiger partial charge on any atom is 0.139 e. The second-order valence-electron chi connectivity index (χ2n) is 10.8. The lowest BCUT2D eigenvalue weighted by molar-refractivity contribution is -0.131. The molecule has 30 heavy (non-hydrogen) atoms. The zero-order valence-electron chi connectivity index (χ0n) is 18.4. The predicted octanol–water partition coefficient (Wildman–Crippen LogP) is 5.90. The molecule has 0 spiro atoms. The van der Waals surface area contributed by atoms with Gasteiger partial charge in [0, 0.05) is 28.0 Å². The van der Waals surface area contributed by atoms with E-state index in [1.165, 1.54) is 52.4 Å². The molecule has 1 aromatic rings. The Labute approximate surface area is 184 Å². The molecule has 2 nitrogen and oxygen atoms in total. The fraction of sp³-hybridized carbons (Fsp3) is 0.556. The number of hydrogen-bond acceptors (Lipinski definition) is 2. The number of Topliss-reactive ketones (excluding diaryl/α,β-unsaturated/α-hetero) is 1. The van der Waals surface area contributed by atoms with Crippen molar-refractivity contribution >= 4 is 22.1 Å². The molecule has 0 unspecified atom stereocenters. The predicted molar refractivity (Wildman–Crippen MR) is 127 cm³/mol. The van der Waals surface area contributed by atoms with Crippen LogP contribution in [0.4, 0.5) is 0 Å². The Bertz CT molecular complexity index is 1050. The van der Waals surface area contributed by atoms with E-state index in [9.17, 15) is 4.79 Å². The molecule has 0 saturated heterocycles. The van der Waals surface area contributed by atoms with Gasteiger partial charge < -0.3 is 5.32 Å². The van der Waals surface area contributed by atoms with Crippen LogP contribution in [0.3, 0.4) is 0 Å². The van der Waals surface area contributed by atoms with E-state index in [1.54, 1.807) is 10.5 Å². The largest absolute Gasteiger partial charge is 0.353 e. The summed E-state index contributed by atoms with van der Waals surface area (Å²) >= 11 is 1.36. The highest BCUT2D eigenvalue weighted by Crippen LogP contribution is 2.65. The number of carbonyl (C=O) groups excluding carboxylic acids is 1. The smallest absolute Gasteiger partial charge is 0.139 e. The van der Waals surface area contributed by atoms with Gasteiger partial charge in [-0.1, -0.05) is 43.7 Å². The van der Waals surface area contributed by atoms with Crippen molar-refractivity contribution in [2.75, 3.05) is 0 Å². The molecule has 4 aliphatic carbocycles. The zero-order valence-corrected chi connectivity index (χ0v) is 19.3. The fourth-order valence-corrected chi connectivity index (χ4v) is 9.13. The van der Waals surface area contributed by atoms with Gasteiger partial charge in [-0.3, -0.25) is 4.79 Å². The lowest BCUT2D eigenvalue weighted by atomic mass is 9.48. The van der Waals surface area contributed by atoms with E-state index in [0.717, 1.165) is 31.6 Å². The van der Waals surface area contributed by atoms with Crippen molar-refractivity contribution in [3.63, 3.8) is 0 Å². The Morgan fingerprint density at radius 1 is 1.07 bits per heavy atom. The molecule has 5 atom stereocenters. The molecule has 1 N–H and O–H groups in total. The van der Waals surface area contributed by atoms with Crippen LogP contribution in [0, 0.1) is 35.5 Å². The number of carbonyl (C=O) groups is 1. The lowest BCUT2D eigenvalue weighted by Crippen LogP contribution is -2.49. The minimum Gasteiger partial charge on any atom is -0.353 e. The van der Waals surface area contributed by atoms with Crippen LogP contribution in [0.25, 0.3) is 0 Å². The molecular formula is C27H33NOS. The average Bonchev–Trinajstić information content (AvgIpc) is 3.29. The summed E-state index contributed by atoms with van der Waals surface area (Å²) in [6.07, 6.45) is 10.5. The number of allylic oxidation sites excluding steroid dienone is 3. The SMILES string of the molecule is Cc1cccc(C2=[SH]C3=C(CC[C@@]4(C)C3=CC[C@@H]3[C@@H]4CC[C@]4(C)C(=O)CC[C@@H]34)N2)c1. The van der Waals surface area contributed by atoms with E-state index in [2.05, 4.69) is 56.4 Å². The normalized spacial score (nSPS) is 39.7. The first kappa shape index (κ1) is 19.1. The van der Waals surface area contributed by atoms with Gasteiger partial charge in [-0.25, -0.2) is 0 Å². The molecule has 2 fully saturated rings. The summed E-state index contributed by atoms with van der Waals surface area (Å²) in [7, 11) is 0. The van der Waals surface area contributed by atoms with Crippen LogP contribution in [0.1, 0.15) is 69.9 Å². The van der Waals surface area contributed by atoms with Gasteiger partial charge in [0.05, 0.1) is 4.99 Å². The first-order valence-electron chi connectivity index (χ1n) is 11.8. The van der Waals surface area contributed by atoms with Gasteiger partial charge in [0.1, 0.15) is 5.78 Å². The van der Waals surface area contributed by atoms with E-state index in [4.69, 9.17) is 0 Å². The van der Waals surface area contributed by atoms with E-state index >= 15 is 0 Å². The number of hydrogen-bond donors (Lipinski definition) is 2. The van der Waals surface area contributed by atoms with Gasteiger partial charge in [-0.2, -0.15) is 0 Å². The summed E-state index contributed by atoms with van der Waals surface area (Å²) in [5, 5.41) is 3.81. The Balaban J connectivity index is 1.37. The van der Waals surface area contributed by atoms with Gasteiger partial charge in [0.15, 0.2) is 0 Å². The van der Waals surface area contributed by atoms with Crippen molar-refractivity contribution in [1.29, 1.82) is 0 Å². The summed E-state index contributed by atoms with van der Waals surface area (Å²) in [5.74, 6) is 2.61. The number of nitrogens with one attached hydrogen (secondary N) is 1. The lowest BCUT2D eigenvalue weighted by Gasteiger charge is -2.56. The molecule has 0 amide bonds. The number of aryl methyl sites for hydroxylation is 1. The van der Waals surface area contributed by atoms with Crippen molar-refractivity contribution in [2.45, 2.75) is 65.7 Å². The monoisotopic (exact) mass is 419 g/mol. The van der Waals surface area contributed by atoms with Crippen molar-refractivity contribution in [3.05, 3.63) is 57.6 Å². The second-order valence-corrected chi connectivity index (χ2v) is 12.0. The number of ketones is 1. The molecule has 0 bridgehead atoms. The van der Waals surface area contributed by atoms with Crippen LogP contribution in [0.2, 0.25) is 0 Å². The van der Waals surface area contributed by atoms with Gasteiger partial charge in [-0.05, 0) is 80.3 Å². The van der Waals surface area contributed by atoms with E-state index < -0.39 is 0 Å². The van der Waals surface area contributed by atoms with Crippen LogP contribution in [-0.2, 0) is 4.79 Å². The van der Waals surface area contributed by atoms with Crippen LogP contribution < -0.4 is 5.32 Å². The maximum atomic E-state index is 12.7. The Morgan fingerprint density at radius 3 is 2.73 bits per heavy atom. The van der Waals surface area contributed by atoms with Gasteiger partial charge in [0.2, 0.25) is 0 Å². The standard InChI is InChI=1S/C27H33NOS/c1-16-5-4-6-17(15-16)25-28-22-12-14-26(2)20-11-13-27(3)19(9-10-23(27)29)18(20)7-8-21(26)24(22)30-25/h4-6,8,15,18-20,28,30H,7,9-14H2,1-3H3/t18-,19-,20-,26+,27-/m0/s1. The third kappa shape index (κ3) is 2.51. The molecule has 0 radical (unpaired) electrons. The molecule has 6 rings (SSSR count). The first-order chi connectivity index (χ1) is 14.4. The van der Waals surface area contributed by atoms with Crippen LogP contribution in [-0.4, -0.2) is 10.8 Å². The number of rotatable bonds is 1. The number of benzene rings is 1. The molecule has 158 valence electrons. The molecule has 1 aromatic carbocycles. The molecule has 3 heteroatoms. The third-order valence-corrected chi connectivity index (χ3v) is 10.7. The molecule has 2 saturated carbocycles. The van der Waals surface area contributed by atoms with Crippen molar-refractivity contribution in [2.24, 2.45) is 28.6 Å². The average molecular weight is 420 g/mol. The van der Waals surface area contributed by atoms with Crippen LogP contribution >= 0.6 is 11.4 Å². The van der Waals surface area contributed by atoms with E-state index in [-0.39, 0.29) is 10.8 Å². The molecule has 1 aliphatic heterocycles. The highest BCUT2D eigenvalue weighted by Gasteiger charge is 2.58. The Hall–Kier alpha value is -1.61. The van der Waals surface area contributed by atoms with Crippen molar-refractivity contribution in [1.82, 2.24) is 5.32 Å². The van der Waals surface area contributed by atoms with E-state index in [0.29, 0.717) is 17.6 Å². The van der Waals surface area contributed by atoms with Crippen LogP contribution in [0.5, 0.6) is 0 Å². The zero-order chi connectivity index (χ0) is 20.7. The third-order valence-electron chi connectivity index (χ3n) is 9.39. The quantitative estimate of drug-likeness (QED) is 0.439. The van der Waals surface area contributed by atoms with Crippen molar-refractivity contribution in [3.8, 4) is 0 Å². The highest BCUT2D eigenvalue weighted by atomic mass is 32.1. The molecular weight excluding hydrogens is 386 g/mol. The second kappa shape index (κ2) is 6.45.